The van der Waals surface area contributed by atoms with E-state index in [1.54, 1.807) is 31.5 Å². The highest BCUT2D eigenvalue weighted by atomic mass is 16.5. The van der Waals surface area contributed by atoms with Crippen molar-refractivity contribution in [2.45, 2.75) is 25.0 Å². The molecule has 4 aromatic rings. The highest BCUT2D eigenvalue weighted by Crippen LogP contribution is 2.42. The molecular weight excluding hydrogens is 480 g/mol. The van der Waals surface area contributed by atoms with Crippen LogP contribution in [0.15, 0.2) is 79.5 Å². The number of carboxylic acids is 1. The largest absolute Gasteiger partial charge is 0.506 e. The van der Waals surface area contributed by atoms with Crippen molar-refractivity contribution in [2.24, 2.45) is 11.8 Å². The van der Waals surface area contributed by atoms with Crippen molar-refractivity contribution in [3.05, 3.63) is 90.6 Å². The van der Waals surface area contributed by atoms with Gasteiger partial charge in [-0.25, -0.2) is 4.79 Å². The van der Waals surface area contributed by atoms with E-state index in [2.05, 4.69) is 22.5 Å². The highest BCUT2D eigenvalue weighted by molar-refractivity contribution is 6.00. The Bertz CT molecular complexity index is 1490. The summed E-state index contributed by atoms with van der Waals surface area (Å²) in [5.41, 5.74) is 1.78. The lowest BCUT2D eigenvalue weighted by atomic mass is 9.73. The van der Waals surface area contributed by atoms with Crippen molar-refractivity contribution in [3.8, 4) is 11.5 Å². The van der Waals surface area contributed by atoms with Gasteiger partial charge in [0.25, 0.3) is 0 Å². The van der Waals surface area contributed by atoms with E-state index in [1.165, 1.54) is 12.5 Å². The predicted octanol–water partition coefficient (Wildman–Crippen LogP) is 5.42. The Morgan fingerprint density at radius 2 is 1.97 bits per heavy atom. The summed E-state index contributed by atoms with van der Waals surface area (Å²) in [5, 5.41) is 31.9. The topological polar surface area (TPSA) is 103 Å². The normalized spacial score (nSPS) is 22.9. The van der Waals surface area contributed by atoms with Crippen LogP contribution in [0.1, 0.15) is 34.9 Å². The van der Waals surface area contributed by atoms with Crippen molar-refractivity contribution in [2.75, 3.05) is 20.2 Å². The first kappa shape index (κ1) is 25.7. The van der Waals surface area contributed by atoms with Gasteiger partial charge in [-0.3, -0.25) is 9.88 Å². The molecule has 3 N–H and O–H groups in total. The Hall–Kier alpha value is -3.94. The third kappa shape index (κ3) is 4.83. The maximum absolute atomic E-state index is 11.2. The van der Waals surface area contributed by atoms with Crippen molar-refractivity contribution in [1.29, 1.82) is 0 Å². The smallest absolute Gasteiger partial charge is 0.339 e. The Morgan fingerprint density at radius 1 is 1.16 bits per heavy atom. The average molecular weight is 513 g/mol. The van der Waals surface area contributed by atoms with Gasteiger partial charge in [0.05, 0.1) is 18.7 Å². The van der Waals surface area contributed by atoms with Crippen LogP contribution >= 0.6 is 0 Å². The molecule has 3 aromatic carbocycles. The molecule has 1 aromatic heterocycles. The standard InChI is InChI=1S/C20H24N2O2.C11H8O3/c1-3-13-12-22-9-7-14(13)10-19(22)20(23)16-6-8-21-18-5-4-15(24-2)11-17(16)18;12-10-8-4-2-1-3-7(8)5-6-9(10)11(13)14/h3-6,8,11,13-14,19-20,23H,1,7,9-10,12H2,2H3;1-6,12H,(H,13,14)/t13-,14-,19-,20+;/m0./s1. The van der Waals surface area contributed by atoms with Crippen LogP contribution in [0.3, 0.4) is 0 Å². The number of carboxylic acid groups (broad SMARTS) is 1. The van der Waals surface area contributed by atoms with Crippen molar-refractivity contribution < 1.29 is 24.9 Å². The molecule has 0 aliphatic carbocycles. The first-order valence-corrected chi connectivity index (χ1v) is 12.8. The monoisotopic (exact) mass is 512 g/mol. The van der Waals surface area contributed by atoms with Crippen LogP contribution in [-0.2, 0) is 0 Å². The van der Waals surface area contributed by atoms with Crippen LogP contribution in [0.25, 0.3) is 21.7 Å². The number of aromatic nitrogens is 1. The van der Waals surface area contributed by atoms with Crippen LogP contribution in [-0.4, -0.2) is 57.4 Å². The average Bonchev–Trinajstić information content (AvgIpc) is 2.96. The van der Waals surface area contributed by atoms with E-state index in [1.807, 2.05) is 36.4 Å². The van der Waals surface area contributed by atoms with E-state index in [4.69, 9.17) is 9.84 Å². The van der Waals surface area contributed by atoms with Gasteiger partial charge in [-0.2, -0.15) is 0 Å². The van der Waals surface area contributed by atoms with Crippen LogP contribution in [0.2, 0.25) is 0 Å². The van der Waals surface area contributed by atoms with Gasteiger partial charge in [-0.15, -0.1) is 6.58 Å². The van der Waals surface area contributed by atoms with Gasteiger partial charge >= 0.3 is 5.97 Å². The number of hydrogen-bond acceptors (Lipinski definition) is 6. The molecule has 3 aliphatic heterocycles. The quantitative estimate of drug-likeness (QED) is 0.307. The number of hydrogen-bond donors (Lipinski definition) is 3. The minimum absolute atomic E-state index is 0.0660. The number of pyridine rings is 1. The Labute approximate surface area is 221 Å². The third-order valence-corrected chi connectivity index (χ3v) is 7.95. The molecule has 4 heterocycles. The van der Waals surface area contributed by atoms with Gasteiger partial charge in [0.15, 0.2) is 0 Å². The van der Waals surface area contributed by atoms with E-state index >= 15 is 0 Å². The molecule has 7 rings (SSSR count). The Morgan fingerprint density at radius 3 is 2.68 bits per heavy atom. The second kappa shape index (κ2) is 10.8. The molecule has 0 unspecified atom stereocenters. The molecule has 3 aliphatic rings. The van der Waals surface area contributed by atoms with E-state index in [9.17, 15) is 15.0 Å². The molecule has 5 atom stereocenters. The first-order valence-electron chi connectivity index (χ1n) is 12.8. The number of aliphatic hydroxyl groups excluding tert-OH is 1. The fourth-order valence-electron chi connectivity index (χ4n) is 5.87. The summed E-state index contributed by atoms with van der Waals surface area (Å²) in [5.74, 6) is 0.719. The maximum atomic E-state index is 11.2. The fraction of sp³-hybridized carbons (Fsp3) is 0.290. The van der Waals surface area contributed by atoms with Crippen molar-refractivity contribution >= 4 is 27.6 Å². The molecule has 0 saturated carbocycles. The number of benzene rings is 3. The number of ether oxygens (including phenoxy) is 1. The summed E-state index contributed by atoms with van der Waals surface area (Å²) in [7, 11) is 1.66. The zero-order valence-electron chi connectivity index (χ0n) is 21.3. The molecular formula is C31H32N2O5. The van der Waals surface area contributed by atoms with Gasteiger partial charge in [-0.1, -0.05) is 36.4 Å². The lowest BCUT2D eigenvalue weighted by molar-refractivity contribution is -0.0444. The van der Waals surface area contributed by atoms with E-state index in [-0.39, 0.29) is 17.4 Å². The molecule has 3 fully saturated rings. The lowest BCUT2D eigenvalue weighted by Crippen LogP contribution is -2.54. The Kier molecular flexibility index (Phi) is 7.31. The number of nitrogens with zero attached hydrogens (tertiary/aromatic N) is 2. The molecule has 7 heteroatoms. The predicted molar refractivity (Wildman–Crippen MR) is 148 cm³/mol. The number of phenols is 1. The maximum Gasteiger partial charge on any atom is 0.339 e. The number of aromatic carboxylic acids is 1. The molecule has 2 bridgehead atoms. The third-order valence-electron chi connectivity index (χ3n) is 7.95. The molecule has 0 radical (unpaired) electrons. The van der Waals surface area contributed by atoms with Crippen LogP contribution < -0.4 is 4.74 Å². The van der Waals surface area contributed by atoms with E-state index in [0.29, 0.717) is 17.2 Å². The number of aliphatic hydroxyl groups is 1. The number of rotatable bonds is 5. The number of piperidine rings is 3. The highest BCUT2D eigenvalue weighted by Gasteiger charge is 2.42. The van der Waals surface area contributed by atoms with Crippen LogP contribution in [0.4, 0.5) is 0 Å². The summed E-state index contributed by atoms with van der Waals surface area (Å²) in [6.45, 7) is 6.07. The fourth-order valence-corrected chi connectivity index (χ4v) is 5.87. The zero-order valence-corrected chi connectivity index (χ0v) is 21.3. The zero-order chi connectivity index (χ0) is 26.8. The lowest BCUT2D eigenvalue weighted by Gasteiger charge is -2.50. The molecule has 0 amide bonds. The molecule has 7 nitrogen and oxygen atoms in total. The van der Waals surface area contributed by atoms with E-state index in [0.717, 1.165) is 47.1 Å². The van der Waals surface area contributed by atoms with Gasteiger partial charge in [0.1, 0.15) is 17.1 Å². The summed E-state index contributed by atoms with van der Waals surface area (Å²) >= 11 is 0. The first-order chi connectivity index (χ1) is 18.4. The van der Waals surface area contributed by atoms with Gasteiger partial charge in [-0.05, 0) is 72.5 Å². The van der Waals surface area contributed by atoms with Gasteiger partial charge in [0, 0.05) is 29.6 Å². The van der Waals surface area contributed by atoms with Gasteiger partial charge in [0.2, 0.25) is 0 Å². The van der Waals surface area contributed by atoms with Crippen molar-refractivity contribution in [3.63, 3.8) is 0 Å². The second-order valence-electron chi connectivity index (χ2n) is 9.96. The minimum Gasteiger partial charge on any atom is -0.506 e. The number of fused-ring (bicyclic) bond motifs is 5. The summed E-state index contributed by atoms with van der Waals surface area (Å²) in [4.78, 5) is 17.6. The van der Waals surface area contributed by atoms with Crippen LogP contribution in [0.5, 0.6) is 11.5 Å². The van der Waals surface area contributed by atoms with Crippen molar-refractivity contribution in [1.82, 2.24) is 9.88 Å². The SMILES string of the molecule is C=C[C@H]1C[N@]2CC[C@H]1C[C@H]2[C@H](O)c1ccnc2ccc(OC)cc12.O=C(O)c1ccc2ccccc2c1O. The van der Waals surface area contributed by atoms with Gasteiger partial charge < -0.3 is 20.1 Å². The summed E-state index contributed by atoms with van der Waals surface area (Å²) < 4.78 is 5.35. The molecule has 38 heavy (non-hydrogen) atoms. The molecule has 196 valence electrons. The Balaban J connectivity index is 0.000000179. The van der Waals surface area contributed by atoms with Crippen LogP contribution in [0, 0.1) is 11.8 Å². The molecule has 3 saturated heterocycles. The number of aromatic hydroxyl groups is 1. The summed E-state index contributed by atoms with van der Waals surface area (Å²) in [6, 6.07) is 18.1. The summed E-state index contributed by atoms with van der Waals surface area (Å²) in [6.07, 6.45) is 5.62. The molecule has 0 spiro atoms. The van der Waals surface area contributed by atoms with E-state index < -0.39 is 12.1 Å². The number of carbonyl (C=O) groups is 1. The number of methoxy groups -OCH3 is 1. The second-order valence-corrected chi connectivity index (χ2v) is 9.96. The minimum atomic E-state index is -1.12.